The van der Waals surface area contributed by atoms with Gasteiger partial charge < -0.3 is 9.64 Å². The van der Waals surface area contributed by atoms with E-state index in [1.54, 1.807) is 0 Å². The molecule has 0 unspecified atom stereocenters. The molecular weight excluding hydrogens is 316 g/mol. The van der Waals surface area contributed by atoms with Gasteiger partial charge in [-0.2, -0.15) is 0 Å². The SMILES string of the molecule is Clc1ccccc1OC1CCN(c2ccc3nnnn3n2)CC1. The van der Waals surface area contributed by atoms with Crippen LogP contribution < -0.4 is 9.64 Å². The van der Waals surface area contributed by atoms with Gasteiger partial charge in [0, 0.05) is 25.9 Å². The summed E-state index contributed by atoms with van der Waals surface area (Å²) in [5, 5.41) is 16.4. The van der Waals surface area contributed by atoms with Gasteiger partial charge in [-0.25, -0.2) is 0 Å². The molecule has 118 valence electrons. The van der Waals surface area contributed by atoms with Crippen molar-refractivity contribution in [3.8, 4) is 5.75 Å². The van der Waals surface area contributed by atoms with Crippen LogP contribution in [0.25, 0.3) is 5.65 Å². The zero-order chi connectivity index (χ0) is 15.6. The summed E-state index contributed by atoms with van der Waals surface area (Å²) in [7, 11) is 0. The second kappa shape index (κ2) is 6.00. The Kier molecular flexibility index (Phi) is 3.70. The van der Waals surface area contributed by atoms with Crippen molar-refractivity contribution >= 4 is 23.1 Å². The highest BCUT2D eigenvalue weighted by molar-refractivity contribution is 6.32. The quantitative estimate of drug-likeness (QED) is 0.733. The zero-order valence-corrected chi connectivity index (χ0v) is 13.1. The molecule has 4 rings (SSSR count). The molecule has 0 aliphatic carbocycles. The van der Waals surface area contributed by atoms with E-state index in [-0.39, 0.29) is 6.10 Å². The van der Waals surface area contributed by atoms with Crippen molar-refractivity contribution in [1.82, 2.24) is 25.3 Å². The lowest BCUT2D eigenvalue weighted by molar-refractivity contribution is 0.171. The third kappa shape index (κ3) is 2.92. The Hall–Kier alpha value is -2.41. The minimum Gasteiger partial charge on any atom is -0.489 e. The van der Waals surface area contributed by atoms with Crippen molar-refractivity contribution < 1.29 is 4.74 Å². The highest BCUT2D eigenvalue weighted by Crippen LogP contribution is 2.27. The Morgan fingerprint density at radius 3 is 2.74 bits per heavy atom. The molecule has 0 N–H and O–H groups in total. The molecule has 0 bridgehead atoms. The van der Waals surface area contributed by atoms with E-state index in [0.717, 1.165) is 37.5 Å². The molecule has 1 aromatic carbocycles. The number of hydrogen-bond acceptors (Lipinski definition) is 6. The van der Waals surface area contributed by atoms with Gasteiger partial charge in [-0.05, 0) is 34.7 Å². The van der Waals surface area contributed by atoms with Gasteiger partial charge in [0.15, 0.2) is 11.5 Å². The average Bonchev–Trinajstić information content (AvgIpc) is 3.05. The van der Waals surface area contributed by atoms with Gasteiger partial charge in [0.1, 0.15) is 11.9 Å². The van der Waals surface area contributed by atoms with Crippen LogP contribution >= 0.6 is 11.6 Å². The third-order valence-corrected chi connectivity index (χ3v) is 4.26. The summed E-state index contributed by atoms with van der Waals surface area (Å²) in [6.07, 6.45) is 2.00. The number of piperidine rings is 1. The van der Waals surface area contributed by atoms with E-state index in [1.807, 2.05) is 36.4 Å². The molecule has 23 heavy (non-hydrogen) atoms. The number of anilines is 1. The summed E-state index contributed by atoms with van der Waals surface area (Å²) < 4.78 is 7.46. The second-order valence-corrected chi connectivity index (χ2v) is 5.86. The predicted molar refractivity (Wildman–Crippen MR) is 85.9 cm³/mol. The molecule has 8 heteroatoms. The van der Waals surface area contributed by atoms with Gasteiger partial charge in [-0.1, -0.05) is 23.7 Å². The Labute approximate surface area is 137 Å². The van der Waals surface area contributed by atoms with Crippen molar-refractivity contribution in [3.63, 3.8) is 0 Å². The van der Waals surface area contributed by atoms with Crippen molar-refractivity contribution in [1.29, 1.82) is 0 Å². The summed E-state index contributed by atoms with van der Waals surface area (Å²) >= 11 is 6.15. The summed E-state index contributed by atoms with van der Waals surface area (Å²) in [6.45, 7) is 1.74. The number of halogens is 1. The van der Waals surface area contributed by atoms with Crippen LogP contribution in [0.4, 0.5) is 5.82 Å². The summed E-state index contributed by atoms with van der Waals surface area (Å²) in [4.78, 5) is 2.22. The minimum atomic E-state index is 0.169. The van der Waals surface area contributed by atoms with Crippen LogP contribution in [0.2, 0.25) is 5.02 Å². The Morgan fingerprint density at radius 2 is 1.91 bits per heavy atom. The van der Waals surface area contributed by atoms with E-state index in [2.05, 4.69) is 25.5 Å². The van der Waals surface area contributed by atoms with Crippen LogP contribution in [0, 0.1) is 0 Å². The normalized spacial score (nSPS) is 16.0. The van der Waals surface area contributed by atoms with Crippen LogP contribution in [0.5, 0.6) is 5.75 Å². The van der Waals surface area contributed by atoms with Gasteiger partial charge in [-0.3, -0.25) is 0 Å². The highest BCUT2D eigenvalue weighted by Gasteiger charge is 2.22. The lowest BCUT2D eigenvalue weighted by Gasteiger charge is -2.32. The molecule has 0 amide bonds. The maximum atomic E-state index is 6.15. The number of benzene rings is 1. The molecule has 1 aliphatic rings. The number of rotatable bonds is 3. The summed E-state index contributed by atoms with van der Waals surface area (Å²) in [5.74, 6) is 1.63. The molecule has 1 fully saturated rings. The third-order valence-electron chi connectivity index (χ3n) is 3.95. The number of fused-ring (bicyclic) bond motifs is 1. The maximum absolute atomic E-state index is 6.15. The standard InChI is InChI=1S/C15H15ClN6O/c16-12-3-1-2-4-13(12)23-11-7-9-21(10-8-11)15-6-5-14-17-19-20-22(14)18-15/h1-6,11H,7-10H2. The van der Waals surface area contributed by atoms with Crippen molar-refractivity contribution in [2.75, 3.05) is 18.0 Å². The Morgan fingerprint density at radius 1 is 1.09 bits per heavy atom. The van der Waals surface area contributed by atoms with Crippen LogP contribution in [-0.4, -0.2) is 44.4 Å². The molecule has 0 saturated carbocycles. The van der Waals surface area contributed by atoms with Gasteiger partial charge in [-0.15, -0.1) is 14.8 Å². The smallest absolute Gasteiger partial charge is 0.200 e. The Bertz CT molecular complexity index is 814. The van der Waals surface area contributed by atoms with Crippen LogP contribution in [0.1, 0.15) is 12.8 Å². The van der Waals surface area contributed by atoms with Crippen molar-refractivity contribution in [2.24, 2.45) is 0 Å². The molecule has 0 radical (unpaired) electrons. The molecule has 0 atom stereocenters. The predicted octanol–water partition coefficient (Wildman–Crippen LogP) is 2.22. The zero-order valence-electron chi connectivity index (χ0n) is 12.3. The molecule has 0 spiro atoms. The lowest BCUT2D eigenvalue weighted by Crippen LogP contribution is -2.39. The van der Waals surface area contributed by atoms with E-state index in [1.165, 1.54) is 4.63 Å². The number of ether oxygens (including phenoxy) is 1. The van der Waals surface area contributed by atoms with Crippen LogP contribution in [0.3, 0.4) is 0 Å². The Balaban J connectivity index is 1.41. The first-order valence-corrected chi connectivity index (χ1v) is 7.89. The number of hydrogen-bond donors (Lipinski definition) is 0. The largest absolute Gasteiger partial charge is 0.489 e. The lowest BCUT2D eigenvalue weighted by atomic mass is 10.1. The van der Waals surface area contributed by atoms with E-state index in [9.17, 15) is 0 Å². The van der Waals surface area contributed by atoms with Crippen molar-refractivity contribution in [2.45, 2.75) is 18.9 Å². The molecule has 2 aromatic heterocycles. The monoisotopic (exact) mass is 330 g/mol. The topological polar surface area (TPSA) is 68.4 Å². The first-order chi connectivity index (χ1) is 11.3. The van der Waals surface area contributed by atoms with Crippen LogP contribution in [-0.2, 0) is 0 Å². The maximum Gasteiger partial charge on any atom is 0.200 e. The van der Waals surface area contributed by atoms with Gasteiger partial charge in [0.25, 0.3) is 0 Å². The van der Waals surface area contributed by atoms with Gasteiger partial charge >= 0.3 is 0 Å². The fourth-order valence-corrected chi connectivity index (χ4v) is 2.91. The molecule has 3 aromatic rings. The van der Waals surface area contributed by atoms with Crippen molar-refractivity contribution in [3.05, 3.63) is 41.4 Å². The molecule has 7 nitrogen and oxygen atoms in total. The van der Waals surface area contributed by atoms with E-state index >= 15 is 0 Å². The first kappa shape index (κ1) is 14.2. The first-order valence-electron chi connectivity index (χ1n) is 7.51. The second-order valence-electron chi connectivity index (χ2n) is 5.45. The molecule has 1 saturated heterocycles. The number of aromatic nitrogens is 5. The summed E-state index contributed by atoms with van der Waals surface area (Å²) in [6, 6.07) is 11.4. The average molecular weight is 331 g/mol. The number of para-hydroxylation sites is 1. The van der Waals surface area contributed by atoms with E-state index < -0.39 is 0 Å². The van der Waals surface area contributed by atoms with Crippen LogP contribution in [0.15, 0.2) is 36.4 Å². The number of nitrogens with zero attached hydrogens (tertiary/aromatic N) is 6. The van der Waals surface area contributed by atoms with Gasteiger partial charge in [0.2, 0.25) is 0 Å². The summed E-state index contributed by atoms with van der Waals surface area (Å²) in [5.41, 5.74) is 0.644. The van der Waals surface area contributed by atoms with Gasteiger partial charge in [0.05, 0.1) is 5.02 Å². The fraction of sp³-hybridized carbons (Fsp3) is 0.333. The molecule has 3 heterocycles. The molecule has 1 aliphatic heterocycles. The van der Waals surface area contributed by atoms with E-state index in [0.29, 0.717) is 10.7 Å². The number of tetrazole rings is 1. The van der Waals surface area contributed by atoms with E-state index in [4.69, 9.17) is 16.3 Å². The fourth-order valence-electron chi connectivity index (χ4n) is 2.73. The highest BCUT2D eigenvalue weighted by atomic mass is 35.5. The molecular formula is C15H15ClN6O. The minimum absolute atomic E-state index is 0.169.